The van der Waals surface area contributed by atoms with E-state index in [4.69, 9.17) is 21.1 Å². The van der Waals surface area contributed by atoms with Crippen molar-refractivity contribution in [1.82, 2.24) is 14.7 Å². The highest BCUT2D eigenvalue weighted by Gasteiger charge is 2.31. The van der Waals surface area contributed by atoms with E-state index >= 15 is 0 Å². The van der Waals surface area contributed by atoms with Gasteiger partial charge in [-0.3, -0.25) is 9.48 Å². The van der Waals surface area contributed by atoms with E-state index < -0.39 is 9.84 Å². The van der Waals surface area contributed by atoms with Gasteiger partial charge in [0.25, 0.3) is 5.91 Å². The van der Waals surface area contributed by atoms with Crippen molar-refractivity contribution in [2.75, 3.05) is 32.8 Å². The van der Waals surface area contributed by atoms with Crippen LogP contribution >= 0.6 is 11.6 Å². The van der Waals surface area contributed by atoms with Crippen molar-refractivity contribution in [3.05, 3.63) is 39.7 Å². The lowest BCUT2D eigenvalue weighted by atomic mass is 10.1. The number of nitrogens with zero attached hydrogens (tertiary/aromatic N) is 3. The predicted octanol–water partition coefficient (Wildman–Crippen LogP) is 2.80. The molecule has 0 radical (unpaired) electrons. The first kappa shape index (κ1) is 22.4. The van der Waals surface area contributed by atoms with Gasteiger partial charge in [-0.25, -0.2) is 8.42 Å². The number of aromatic nitrogens is 2. The van der Waals surface area contributed by atoms with Crippen molar-refractivity contribution < 1.29 is 22.7 Å². The molecule has 0 N–H and O–H groups in total. The number of sulfone groups is 1. The summed E-state index contributed by atoms with van der Waals surface area (Å²) in [4.78, 5) is 14.6. The number of ether oxygens (including phenoxy) is 2. The van der Waals surface area contributed by atoms with Crippen molar-refractivity contribution in [3.63, 3.8) is 0 Å². The topological polar surface area (TPSA) is 90.7 Å². The normalized spacial score (nSPS) is 17.7. The molecule has 1 fully saturated rings. The van der Waals surface area contributed by atoms with Gasteiger partial charge < -0.3 is 14.4 Å². The van der Waals surface area contributed by atoms with E-state index in [-0.39, 0.29) is 28.5 Å². The summed E-state index contributed by atoms with van der Waals surface area (Å²) in [5.74, 6) is 0.812. The van der Waals surface area contributed by atoms with Crippen LogP contribution in [0.1, 0.15) is 39.8 Å². The summed E-state index contributed by atoms with van der Waals surface area (Å²) >= 11 is 6.23. The highest BCUT2D eigenvalue weighted by Crippen LogP contribution is 2.36. The number of methoxy groups -OCH3 is 2. The minimum atomic E-state index is -3.01. The Hall–Kier alpha value is -2.26. The molecule has 0 aliphatic carbocycles. The van der Waals surface area contributed by atoms with Crippen LogP contribution in [0.25, 0.3) is 0 Å². The van der Waals surface area contributed by atoms with Gasteiger partial charge in [0.05, 0.1) is 42.5 Å². The second-order valence-electron chi connectivity index (χ2n) is 7.51. The molecule has 1 atom stereocenters. The van der Waals surface area contributed by atoms with E-state index in [1.54, 1.807) is 28.8 Å². The molecule has 1 saturated heterocycles. The highest BCUT2D eigenvalue weighted by atomic mass is 35.5. The zero-order valence-corrected chi connectivity index (χ0v) is 19.3. The number of carbonyl (C=O) groups excluding carboxylic acids is 1. The summed E-state index contributed by atoms with van der Waals surface area (Å²) in [5.41, 5.74) is 2.94. The first-order valence-corrected chi connectivity index (χ1v) is 11.7. The molecule has 0 unspecified atom stereocenters. The van der Waals surface area contributed by atoms with E-state index in [1.807, 2.05) is 13.8 Å². The van der Waals surface area contributed by atoms with Crippen LogP contribution in [-0.2, 0) is 16.4 Å². The fraction of sp³-hybridized carbons (Fsp3) is 0.500. The third-order valence-electron chi connectivity index (χ3n) is 5.45. The van der Waals surface area contributed by atoms with Crippen molar-refractivity contribution in [2.24, 2.45) is 0 Å². The average Bonchev–Trinajstić information content (AvgIpc) is 3.19. The van der Waals surface area contributed by atoms with Crippen LogP contribution in [-0.4, -0.2) is 61.8 Å². The van der Waals surface area contributed by atoms with Gasteiger partial charge in [0.2, 0.25) is 0 Å². The number of halogens is 1. The molecule has 10 heteroatoms. The molecule has 3 rings (SSSR count). The lowest BCUT2D eigenvalue weighted by Crippen LogP contribution is -2.27. The van der Waals surface area contributed by atoms with Gasteiger partial charge in [-0.1, -0.05) is 11.6 Å². The average molecular weight is 456 g/mol. The molecule has 1 aliphatic rings. The van der Waals surface area contributed by atoms with Gasteiger partial charge in [-0.2, -0.15) is 5.10 Å². The predicted molar refractivity (Wildman–Crippen MR) is 114 cm³/mol. The number of hydrogen-bond acceptors (Lipinski definition) is 6. The summed E-state index contributed by atoms with van der Waals surface area (Å²) < 4.78 is 36.0. The molecule has 1 aromatic carbocycles. The van der Waals surface area contributed by atoms with E-state index in [0.29, 0.717) is 30.0 Å². The lowest BCUT2D eigenvalue weighted by Gasteiger charge is -2.19. The molecule has 2 aromatic rings. The number of carbonyl (C=O) groups is 1. The van der Waals surface area contributed by atoms with Gasteiger partial charge in [0.1, 0.15) is 0 Å². The largest absolute Gasteiger partial charge is 0.493 e. The summed E-state index contributed by atoms with van der Waals surface area (Å²) in [6.45, 7) is 4.11. The minimum absolute atomic E-state index is 0.104. The third kappa shape index (κ3) is 4.27. The van der Waals surface area contributed by atoms with Crippen LogP contribution in [0.3, 0.4) is 0 Å². The van der Waals surface area contributed by atoms with Crippen molar-refractivity contribution in [2.45, 2.75) is 32.9 Å². The summed E-state index contributed by atoms with van der Waals surface area (Å²) in [7, 11) is 1.65. The van der Waals surface area contributed by atoms with E-state index in [2.05, 4.69) is 5.10 Å². The maximum atomic E-state index is 13.0. The molecule has 0 saturated carbocycles. The first-order chi connectivity index (χ1) is 14.1. The number of rotatable bonds is 6. The molecule has 8 nitrogen and oxygen atoms in total. The Morgan fingerprint density at radius 3 is 2.57 bits per heavy atom. The summed E-state index contributed by atoms with van der Waals surface area (Å²) in [6, 6.07) is 2.98. The smallest absolute Gasteiger partial charge is 0.254 e. The number of benzene rings is 1. The Morgan fingerprint density at radius 2 is 2.00 bits per heavy atom. The molecular weight excluding hydrogens is 430 g/mol. The SMILES string of the molecule is COc1cc(C(=O)N(C)Cc2c(C)nn([C@H]3CCS(=O)(=O)C3)c2C)cc(Cl)c1OC. The van der Waals surface area contributed by atoms with E-state index in [0.717, 1.165) is 17.0 Å². The maximum absolute atomic E-state index is 13.0. The van der Waals surface area contributed by atoms with Crippen molar-refractivity contribution in [3.8, 4) is 11.5 Å². The maximum Gasteiger partial charge on any atom is 0.254 e. The minimum Gasteiger partial charge on any atom is -0.493 e. The molecule has 0 spiro atoms. The quantitative estimate of drug-likeness (QED) is 0.665. The van der Waals surface area contributed by atoms with Gasteiger partial charge in [0, 0.05) is 30.4 Å². The van der Waals surface area contributed by atoms with E-state index in [9.17, 15) is 13.2 Å². The fourth-order valence-corrected chi connectivity index (χ4v) is 5.80. The zero-order chi connectivity index (χ0) is 22.2. The number of amides is 1. The van der Waals surface area contributed by atoms with Gasteiger partial charge in [0.15, 0.2) is 21.3 Å². The summed E-state index contributed by atoms with van der Waals surface area (Å²) in [5, 5.41) is 4.85. The zero-order valence-electron chi connectivity index (χ0n) is 17.7. The fourth-order valence-electron chi connectivity index (χ4n) is 3.82. The number of aryl methyl sites for hydroxylation is 1. The molecule has 1 aromatic heterocycles. The standard InChI is InChI=1S/C20H26ClN3O5S/c1-12-16(13(2)24(22-12)15-6-7-30(26,27)11-15)10-23(3)20(25)14-8-17(21)19(29-5)18(9-14)28-4/h8-9,15H,6-7,10-11H2,1-5H3/t15-/m0/s1. The van der Waals surface area contributed by atoms with Gasteiger partial charge >= 0.3 is 0 Å². The van der Waals surface area contributed by atoms with Crippen LogP contribution in [0.15, 0.2) is 12.1 Å². The monoisotopic (exact) mass is 455 g/mol. The lowest BCUT2D eigenvalue weighted by molar-refractivity contribution is 0.0784. The summed E-state index contributed by atoms with van der Waals surface area (Å²) in [6.07, 6.45) is 0.558. The molecule has 1 aliphatic heterocycles. The Balaban J connectivity index is 1.84. The highest BCUT2D eigenvalue weighted by molar-refractivity contribution is 7.91. The second kappa shape index (κ2) is 8.47. The molecule has 0 bridgehead atoms. The molecule has 1 amide bonds. The Bertz CT molecular complexity index is 1080. The first-order valence-electron chi connectivity index (χ1n) is 9.50. The number of hydrogen-bond donors (Lipinski definition) is 0. The van der Waals surface area contributed by atoms with Crippen molar-refractivity contribution in [1.29, 1.82) is 0 Å². The Morgan fingerprint density at radius 1 is 1.30 bits per heavy atom. The van der Waals surface area contributed by atoms with Crippen LogP contribution < -0.4 is 9.47 Å². The molecule has 2 heterocycles. The van der Waals surface area contributed by atoms with Crippen LogP contribution in [0.2, 0.25) is 5.02 Å². The van der Waals surface area contributed by atoms with Gasteiger partial charge in [-0.15, -0.1) is 0 Å². The van der Waals surface area contributed by atoms with Gasteiger partial charge in [-0.05, 0) is 32.4 Å². The Labute approximate surface area is 181 Å². The molecule has 30 heavy (non-hydrogen) atoms. The van der Waals surface area contributed by atoms with Crippen LogP contribution in [0.5, 0.6) is 11.5 Å². The van der Waals surface area contributed by atoms with Crippen LogP contribution in [0, 0.1) is 13.8 Å². The molecular formula is C20H26ClN3O5S. The molecule has 164 valence electrons. The van der Waals surface area contributed by atoms with E-state index in [1.165, 1.54) is 14.2 Å². The third-order valence-corrected chi connectivity index (χ3v) is 7.48. The second-order valence-corrected chi connectivity index (χ2v) is 10.1. The van der Waals surface area contributed by atoms with Crippen molar-refractivity contribution >= 4 is 27.3 Å². The van der Waals surface area contributed by atoms with Crippen LogP contribution in [0.4, 0.5) is 0 Å². The Kier molecular flexibility index (Phi) is 6.33.